The van der Waals surface area contributed by atoms with Crippen LogP contribution >= 0.6 is 0 Å². The van der Waals surface area contributed by atoms with Gasteiger partial charge in [-0.1, -0.05) is 0 Å². The number of carbonyl (C=O) groups excluding carboxylic acids is 2. The predicted molar refractivity (Wildman–Crippen MR) is 67.0 cm³/mol. The first-order valence-corrected chi connectivity index (χ1v) is 5.25. The van der Waals surface area contributed by atoms with Crippen molar-refractivity contribution >= 4 is 17.9 Å². The monoisotopic (exact) mass is 252 g/mol. The molecule has 0 aliphatic carbocycles. The number of aldehydes is 1. The van der Waals surface area contributed by atoms with E-state index in [-0.39, 0.29) is 24.0 Å². The second-order valence-corrected chi connectivity index (χ2v) is 3.79. The third-order valence-corrected chi connectivity index (χ3v) is 2.37. The minimum Gasteiger partial charge on any atom is -0.491 e. The maximum atomic E-state index is 11.4. The highest BCUT2D eigenvalue weighted by Gasteiger charge is 2.14. The van der Waals surface area contributed by atoms with Crippen molar-refractivity contribution in [2.24, 2.45) is 0 Å². The number of carbonyl (C=O) groups is 2. The van der Waals surface area contributed by atoms with E-state index in [4.69, 9.17) is 15.2 Å². The molecule has 0 spiro atoms. The number of hydrogen-bond donors (Lipinski definition) is 1. The summed E-state index contributed by atoms with van der Waals surface area (Å²) in [5, 5.41) is 0. The SMILES string of the molecule is COc1c(OCC(=O)N(C)C)ccc(C=O)c1N. The summed E-state index contributed by atoms with van der Waals surface area (Å²) in [4.78, 5) is 23.5. The first kappa shape index (κ1) is 13.8. The van der Waals surface area contributed by atoms with E-state index in [1.165, 1.54) is 18.1 Å². The number of methoxy groups -OCH3 is 1. The van der Waals surface area contributed by atoms with Gasteiger partial charge in [-0.05, 0) is 12.1 Å². The number of amides is 1. The van der Waals surface area contributed by atoms with E-state index in [0.29, 0.717) is 17.6 Å². The van der Waals surface area contributed by atoms with Gasteiger partial charge in [0.05, 0.1) is 12.8 Å². The van der Waals surface area contributed by atoms with Crippen LogP contribution in [-0.2, 0) is 4.79 Å². The molecule has 18 heavy (non-hydrogen) atoms. The van der Waals surface area contributed by atoms with Gasteiger partial charge < -0.3 is 20.1 Å². The van der Waals surface area contributed by atoms with E-state index in [1.54, 1.807) is 20.2 Å². The van der Waals surface area contributed by atoms with Crippen LogP contribution in [0.15, 0.2) is 12.1 Å². The number of nitrogens with zero attached hydrogens (tertiary/aromatic N) is 1. The number of benzene rings is 1. The molecular formula is C12H16N2O4. The van der Waals surface area contributed by atoms with Crippen LogP contribution in [0.3, 0.4) is 0 Å². The van der Waals surface area contributed by atoms with Crippen LogP contribution in [-0.4, -0.2) is 44.9 Å². The van der Waals surface area contributed by atoms with Gasteiger partial charge in [0.1, 0.15) is 0 Å². The molecule has 0 aliphatic rings. The lowest BCUT2D eigenvalue weighted by Gasteiger charge is -2.15. The van der Waals surface area contributed by atoms with Crippen molar-refractivity contribution in [1.29, 1.82) is 0 Å². The van der Waals surface area contributed by atoms with Gasteiger partial charge in [-0.25, -0.2) is 0 Å². The normalized spacial score (nSPS) is 9.72. The largest absolute Gasteiger partial charge is 0.491 e. The van der Waals surface area contributed by atoms with Crippen molar-refractivity contribution in [2.45, 2.75) is 0 Å². The first-order chi connectivity index (χ1) is 8.51. The van der Waals surface area contributed by atoms with Crippen LogP contribution in [0, 0.1) is 0 Å². The molecule has 0 fully saturated rings. The zero-order chi connectivity index (χ0) is 13.7. The molecule has 0 heterocycles. The minimum atomic E-state index is -0.185. The van der Waals surface area contributed by atoms with Gasteiger partial charge >= 0.3 is 0 Å². The second-order valence-electron chi connectivity index (χ2n) is 3.79. The zero-order valence-corrected chi connectivity index (χ0v) is 10.6. The molecule has 0 radical (unpaired) electrons. The van der Waals surface area contributed by atoms with Crippen molar-refractivity contribution in [3.8, 4) is 11.5 Å². The lowest BCUT2D eigenvalue weighted by Crippen LogP contribution is -2.27. The van der Waals surface area contributed by atoms with Gasteiger partial charge in [0.25, 0.3) is 5.91 Å². The Labute approximate surface area is 105 Å². The maximum absolute atomic E-state index is 11.4. The van der Waals surface area contributed by atoms with Crippen LogP contribution in [0.4, 0.5) is 5.69 Å². The molecule has 2 N–H and O–H groups in total. The lowest BCUT2D eigenvalue weighted by atomic mass is 10.1. The highest BCUT2D eigenvalue weighted by atomic mass is 16.5. The lowest BCUT2D eigenvalue weighted by molar-refractivity contribution is -0.130. The molecule has 6 nitrogen and oxygen atoms in total. The first-order valence-electron chi connectivity index (χ1n) is 5.25. The van der Waals surface area contributed by atoms with Gasteiger partial charge in [0, 0.05) is 19.7 Å². The molecule has 1 rings (SSSR count). The summed E-state index contributed by atoms with van der Waals surface area (Å²) in [6, 6.07) is 3.06. The summed E-state index contributed by atoms with van der Waals surface area (Å²) in [7, 11) is 4.68. The smallest absolute Gasteiger partial charge is 0.259 e. The van der Waals surface area contributed by atoms with Crippen LogP contribution < -0.4 is 15.2 Å². The van der Waals surface area contributed by atoms with Crippen molar-refractivity contribution < 1.29 is 19.1 Å². The Hall–Kier alpha value is -2.24. The number of nitrogens with two attached hydrogens (primary N) is 1. The van der Waals surface area contributed by atoms with Crippen molar-refractivity contribution in [3.05, 3.63) is 17.7 Å². The van der Waals surface area contributed by atoms with Crippen LogP contribution in [0.2, 0.25) is 0 Å². The topological polar surface area (TPSA) is 81.9 Å². The number of anilines is 1. The molecular weight excluding hydrogens is 236 g/mol. The molecule has 0 aliphatic heterocycles. The fraction of sp³-hybridized carbons (Fsp3) is 0.333. The van der Waals surface area contributed by atoms with E-state index in [1.807, 2.05) is 0 Å². The number of hydrogen-bond acceptors (Lipinski definition) is 5. The summed E-state index contributed by atoms with van der Waals surface area (Å²) in [5.74, 6) is 0.400. The van der Waals surface area contributed by atoms with E-state index >= 15 is 0 Å². The highest BCUT2D eigenvalue weighted by molar-refractivity contribution is 5.87. The Morgan fingerprint density at radius 3 is 2.61 bits per heavy atom. The molecule has 0 bridgehead atoms. The average Bonchev–Trinajstić information content (AvgIpc) is 2.35. The minimum absolute atomic E-state index is 0.122. The molecule has 1 aromatic rings. The Kier molecular flexibility index (Phi) is 4.53. The fourth-order valence-electron chi connectivity index (χ4n) is 1.29. The average molecular weight is 252 g/mol. The number of nitrogen functional groups attached to an aromatic ring is 1. The molecule has 0 aromatic heterocycles. The van der Waals surface area contributed by atoms with Crippen LogP contribution in [0.25, 0.3) is 0 Å². The van der Waals surface area contributed by atoms with Crippen molar-refractivity contribution in [3.63, 3.8) is 0 Å². The molecule has 98 valence electrons. The Bertz CT molecular complexity index is 458. The molecule has 1 aromatic carbocycles. The Balaban J connectivity index is 2.93. The summed E-state index contributed by atoms with van der Waals surface area (Å²) in [5.41, 5.74) is 6.25. The number of rotatable bonds is 5. The second kappa shape index (κ2) is 5.90. The Morgan fingerprint density at radius 1 is 1.44 bits per heavy atom. The standard InChI is InChI=1S/C12H16N2O4/c1-14(2)10(16)7-18-9-5-4-8(6-15)11(13)12(9)17-3/h4-6H,7,13H2,1-3H3. The van der Waals surface area contributed by atoms with Gasteiger partial charge in [0.2, 0.25) is 0 Å². The summed E-state index contributed by atoms with van der Waals surface area (Å²) < 4.78 is 10.4. The maximum Gasteiger partial charge on any atom is 0.259 e. The van der Waals surface area contributed by atoms with Crippen molar-refractivity contribution in [1.82, 2.24) is 4.90 Å². The van der Waals surface area contributed by atoms with E-state index < -0.39 is 0 Å². The molecule has 0 saturated carbocycles. The van der Waals surface area contributed by atoms with E-state index in [2.05, 4.69) is 0 Å². The van der Waals surface area contributed by atoms with E-state index in [9.17, 15) is 9.59 Å². The number of likely N-dealkylation sites (N-methyl/N-ethyl adjacent to an activating group) is 1. The predicted octanol–water partition coefficient (Wildman–Crippen LogP) is 0.557. The fourth-order valence-corrected chi connectivity index (χ4v) is 1.29. The van der Waals surface area contributed by atoms with Crippen molar-refractivity contribution in [2.75, 3.05) is 33.5 Å². The number of ether oxygens (including phenoxy) is 2. The third kappa shape index (κ3) is 2.91. The summed E-state index contributed by atoms with van der Waals surface area (Å²) >= 11 is 0. The van der Waals surface area contributed by atoms with Gasteiger partial charge in [-0.15, -0.1) is 0 Å². The van der Waals surface area contributed by atoms with Gasteiger partial charge in [-0.3, -0.25) is 9.59 Å². The molecule has 0 saturated heterocycles. The summed E-state index contributed by atoms with van der Waals surface area (Å²) in [6.07, 6.45) is 0.632. The summed E-state index contributed by atoms with van der Waals surface area (Å²) in [6.45, 7) is -0.122. The quantitative estimate of drug-likeness (QED) is 0.611. The van der Waals surface area contributed by atoms with Gasteiger partial charge in [-0.2, -0.15) is 0 Å². The van der Waals surface area contributed by atoms with E-state index in [0.717, 1.165) is 0 Å². The molecule has 0 atom stereocenters. The molecule has 0 unspecified atom stereocenters. The van der Waals surface area contributed by atoms with Gasteiger partial charge in [0.15, 0.2) is 24.4 Å². The zero-order valence-electron chi connectivity index (χ0n) is 10.6. The third-order valence-electron chi connectivity index (χ3n) is 2.37. The van der Waals surface area contributed by atoms with Crippen LogP contribution in [0.5, 0.6) is 11.5 Å². The van der Waals surface area contributed by atoms with Crippen LogP contribution in [0.1, 0.15) is 10.4 Å². The Morgan fingerprint density at radius 2 is 2.11 bits per heavy atom. The molecule has 6 heteroatoms. The molecule has 1 amide bonds. The highest BCUT2D eigenvalue weighted by Crippen LogP contribution is 2.35.